The number of halogens is 1. The van der Waals surface area contributed by atoms with E-state index in [0.29, 0.717) is 30.4 Å². The minimum Gasteiger partial charge on any atom is -0.352 e. The zero-order chi connectivity index (χ0) is 18.4. The van der Waals surface area contributed by atoms with Crippen LogP contribution in [-0.4, -0.2) is 37.1 Å². The van der Waals surface area contributed by atoms with Gasteiger partial charge in [-0.2, -0.15) is 5.26 Å². The van der Waals surface area contributed by atoms with Gasteiger partial charge >= 0.3 is 0 Å². The Bertz CT molecular complexity index is 812. The zero-order valence-corrected chi connectivity index (χ0v) is 14.6. The van der Waals surface area contributed by atoms with Gasteiger partial charge < -0.3 is 15.5 Å². The maximum atomic E-state index is 13.9. The molecule has 0 saturated carbocycles. The van der Waals surface area contributed by atoms with Gasteiger partial charge in [0, 0.05) is 38.9 Å². The van der Waals surface area contributed by atoms with Crippen molar-refractivity contribution in [3.05, 3.63) is 59.5 Å². The molecule has 0 bridgehead atoms. The first-order valence-corrected chi connectivity index (χ1v) is 8.51. The molecule has 1 aromatic carbocycles. The maximum Gasteiger partial charge on any atom is 0.191 e. The molecule has 7 heteroatoms. The highest BCUT2D eigenvalue weighted by atomic mass is 19.1. The van der Waals surface area contributed by atoms with E-state index in [4.69, 9.17) is 5.26 Å². The molecule has 134 valence electrons. The standard InChI is InChI=1S/C19H21FN6/c1-22-19(24-12-15-6-4-14(11-21)5-7-15)25-16-8-10-26(13-16)18-17(20)3-2-9-23-18/h2-7,9,16H,8,10,12-13H2,1H3,(H2,22,24,25). The number of rotatable bonds is 4. The summed E-state index contributed by atoms with van der Waals surface area (Å²) in [7, 11) is 1.72. The molecule has 0 radical (unpaired) electrons. The minimum atomic E-state index is -0.295. The van der Waals surface area contributed by atoms with Crippen LogP contribution >= 0.6 is 0 Å². The molecule has 6 nitrogen and oxygen atoms in total. The molecular weight excluding hydrogens is 331 g/mol. The molecule has 1 aliphatic rings. The lowest BCUT2D eigenvalue weighted by atomic mass is 10.1. The number of pyridine rings is 1. The number of aromatic nitrogens is 1. The Morgan fingerprint density at radius 2 is 2.19 bits per heavy atom. The van der Waals surface area contributed by atoms with E-state index in [1.54, 1.807) is 31.4 Å². The van der Waals surface area contributed by atoms with Gasteiger partial charge in [-0.05, 0) is 36.2 Å². The van der Waals surface area contributed by atoms with Crippen molar-refractivity contribution in [2.75, 3.05) is 25.0 Å². The van der Waals surface area contributed by atoms with E-state index in [0.717, 1.165) is 18.5 Å². The predicted molar refractivity (Wildman–Crippen MR) is 99.3 cm³/mol. The predicted octanol–water partition coefficient (Wildman–Crippen LogP) is 2.04. The number of benzene rings is 1. The van der Waals surface area contributed by atoms with Gasteiger partial charge in [-0.25, -0.2) is 9.37 Å². The van der Waals surface area contributed by atoms with Crippen LogP contribution in [0.25, 0.3) is 0 Å². The summed E-state index contributed by atoms with van der Waals surface area (Å²) in [4.78, 5) is 10.3. The molecule has 1 aromatic heterocycles. The quantitative estimate of drug-likeness (QED) is 0.650. The van der Waals surface area contributed by atoms with Crippen LogP contribution in [0.2, 0.25) is 0 Å². The highest BCUT2D eigenvalue weighted by Gasteiger charge is 2.25. The van der Waals surface area contributed by atoms with Gasteiger partial charge in [0.1, 0.15) is 0 Å². The van der Waals surface area contributed by atoms with Gasteiger partial charge in [0.15, 0.2) is 17.6 Å². The van der Waals surface area contributed by atoms with Crippen LogP contribution in [0.4, 0.5) is 10.2 Å². The fourth-order valence-corrected chi connectivity index (χ4v) is 2.95. The van der Waals surface area contributed by atoms with E-state index < -0.39 is 0 Å². The lowest BCUT2D eigenvalue weighted by molar-refractivity contribution is 0.612. The van der Waals surface area contributed by atoms with Gasteiger partial charge in [-0.15, -0.1) is 0 Å². The van der Waals surface area contributed by atoms with Crippen molar-refractivity contribution in [1.82, 2.24) is 15.6 Å². The second-order valence-corrected chi connectivity index (χ2v) is 6.12. The lowest BCUT2D eigenvalue weighted by Gasteiger charge is -2.20. The summed E-state index contributed by atoms with van der Waals surface area (Å²) in [6.45, 7) is 2.03. The monoisotopic (exact) mass is 352 g/mol. The first-order valence-electron chi connectivity index (χ1n) is 8.51. The van der Waals surface area contributed by atoms with Gasteiger partial charge in [-0.1, -0.05) is 12.1 Å². The van der Waals surface area contributed by atoms with Crippen LogP contribution < -0.4 is 15.5 Å². The van der Waals surface area contributed by atoms with Crippen LogP contribution in [-0.2, 0) is 6.54 Å². The number of nitrogens with zero attached hydrogens (tertiary/aromatic N) is 4. The van der Waals surface area contributed by atoms with Gasteiger partial charge in [0.2, 0.25) is 0 Å². The second kappa shape index (κ2) is 8.30. The van der Waals surface area contributed by atoms with E-state index in [9.17, 15) is 4.39 Å². The fourth-order valence-electron chi connectivity index (χ4n) is 2.95. The molecule has 2 heterocycles. The van der Waals surface area contributed by atoms with Crippen molar-refractivity contribution in [2.45, 2.75) is 19.0 Å². The topological polar surface area (TPSA) is 76.3 Å². The highest BCUT2D eigenvalue weighted by molar-refractivity contribution is 5.80. The summed E-state index contributed by atoms with van der Waals surface area (Å²) in [5.74, 6) is 0.802. The van der Waals surface area contributed by atoms with E-state index in [2.05, 4.69) is 26.7 Å². The van der Waals surface area contributed by atoms with Crippen LogP contribution in [0.15, 0.2) is 47.6 Å². The van der Waals surface area contributed by atoms with E-state index in [-0.39, 0.29) is 11.9 Å². The Balaban J connectivity index is 1.52. The second-order valence-electron chi connectivity index (χ2n) is 6.12. The van der Waals surface area contributed by atoms with Crippen molar-refractivity contribution in [2.24, 2.45) is 4.99 Å². The molecule has 26 heavy (non-hydrogen) atoms. The van der Waals surface area contributed by atoms with Crippen molar-refractivity contribution >= 4 is 11.8 Å². The lowest BCUT2D eigenvalue weighted by Crippen LogP contribution is -2.44. The molecule has 3 rings (SSSR count). The maximum absolute atomic E-state index is 13.9. The molecule has 1 fully saturated rings. The Labute approximate surface area is 152 Å². The summed E-state index contributed by atoms with van der Waals surface area (Å²) in [5, 5.41) is 15.5. The largest absolute Gasteiger partial charge is 0.352 e. The molecule has 2 aromatic rings. The minimum absolute atomic E-state index is 0.170. The number of aliphatic imine (C=N–C) groups is 1. The number of anilines is 1. The smallest absolute Gasteiger partial charge is 0.191 e. The fraction of sp³-hybridized carbons (Fsp3) is 0.316. The normalized spacial score (nSPS) is 17.0. The number of guanidine groups is 1. The van der Waals surface area contributed by atoms with Crippen molar-refractivity contribution in [3.63, 3.8) is 0 Å². The first kappa shape index (κ1) is 17.7. The van der Waals surface area contributed by atoms with E-state index in [1.165, 1.54) is 6.07 Å². The first-order chi connectivity index (χ1) is 12.7. The van der Waals surface area contributed by atoms with Crippen molar-refractivity contribution < 1.29 is 4.39 Å². The third-order valence-corrected chi connectivity index (χ3v) is 4.33. The number of hydrogen-bond acceptors (Lipinski definition) is 4. The Morgan fingerprint density at radius 1 is 1.38 bits per heavy atom. The molecule has 0 amide bonds. The molecule has 1 aliphatic heterocycles. The third kappa shape index (κ3) is 4.28. The molecule has 0 aliphatic carbocycles. The number of hydrogen-bond donors (Lipinski definition) is 2. The number of nitrogens with one attached hydrogen (secondary N) is 2. The zero-order valence-electron chi connectivity index (χ0n) is 14.6. The number of nitriles is 1. The van der Waals surface area contributed by atoms with Crippen molar-refractivity contribution in [1.29, 1.82) is 5.26 Å². The highest BCUT2D eigenvalue weighted by Crippen LogP contribution is 2.20. The third-order valence-electron chi connectivity index (χ3n) is 4.33. The Hall–Kier alpha value is -3.14. The molecule has 1 atom stereocenters. The van der Waals surface area contributed by atoms with Gasteiger partial charge in [-0.3, -0.25) is 4.99 Å². The molecule has 1 unspecified atom stereocenters. The van der Waals surface area contributed by atoms with E-state index >= 15 is 0 Å². The Kier molecular flexibility index (Phi) is 5.64. The summed E-state index contributed by atoms with van der Waals surface area (Å²) in [6, 6.07) is 12.7. The summed E-state index contributed by atoms with van der Waals surface area (Å²) < 4.78 is 13.9. The van der Waals surface area contributed by atoms with Gasteiger partial charge in [0.25, 0.3) is 0 Å². The average Bonchev–Trinajstić information content (AvgIpc) is 3.14. The summed E-state index contributed by atoms with van der Waals surface area (Å²) in [6.07, 6.45) is 2.49. The van der Waals surface area contributed by atoms with Gasteiger partial charge in [0.05, 0.1) is 11.6 Å². The van der Waals surface area contributed by atoms with Crippen molar-refractivity contribution in [3.8, 4) is 6.07 Å². The summed E-state index contributed by atoms with van der Waals surface area (Å²) >= 11 is 0. The molecule has 2 N–H and O–H groups in total. The van der Waals surface area contributed by atoms with Crippen LogP contribution in [0.5, 0.6) is 0 Å². The van der Waals surface area contributed by atoms with E-state index in [1.807, 2.05) is 17.0 Å². The molecule has 0 spiro atoms. The Morgan fingerprint density at radius 3 is 2.88 bits per heavy atom. The van der Waals surface area contributed by atoms with Crippen LogP contribution in [0.3, 0.4) is 0 Å². The average molecular weight is 352 g/mol. The van der Waals surface area contributed by atoms with Crippen LogP contribution in [0, 0.1) is 17.1 Å². The van der Waals surface area contributed by atoms with Crippen LogP contribution in [0.1, 0.15) is 17.5 Å². The molecular formula is C19H21FN6. The SMILES string of the molecule is CN=C(NCc1ccc(C#N)cc1)NC1CCN(c2ncccc2F)C1. The molecule has 1 saturated heterocycles. The summed E-state index contributed by atoms with van der Waals surface area (Å²) in [5.41, 5.74) is 1.71.